The second-order valence-corrected chi connectivity index (χ2v) is 6.26. The van der Waals surface area contributed by atoms with Crippen LogP contribution in [0.4, 0.5) is 0 Å². The molecule has 0 bridgehead atoms. The molecule has 3 unspecified atom stereocenters. The second kappa shape index (κ2) is 8.35. The van der Waals surface area contributed by atoms with Gasteiger partial charge >= 0.3 is 0 Å². The lowest BCUT2D eigenvalue weighted by molar-refractivity contribution is 0.168. The van der Waals surface area contributed by atoms with E-state index in [0.29, 0.717) is 22.2 Å². The Morgan fingerprint density at radius 2 is 2.05 bits per heavy atom. The van der Waals surface area contributed by atoms with Crippen molar-refractivity contribution in [3.63, 3.8) is 0 Å². The third-order valence-corrected chi connectivity index (χ3v) is 4.73. The van der Waals surface area contributed by atoms with Gasteiger partial charge in [0, 0.05) is 33.4 Å². The molecule has 0 saturated heterocycles. The summed E-state index contributed by atoms with van der Waals surface area (Å²) in [5, 5.41) is 23.7. The Morgan fingerprint density at radius 1 is 1.37 bits per heavy atom. The normalized spacial score (nSPS) is 16.1. The Hall–Kier alpha value is 0.0300. The zero-order valence-corrected chi connectivity index (χ0v) is 13.3. The maximum Gasteiger partial charge on any atom is 0.0929 e. The van der Waals surface area contributed by atoms with E-state index in [-0.39, 0.29) is 17.9 Å². The number of hydrogen-bond donors (Lipinski definition) is 3. The zero-order valence-electron chi connectivity index (χ0n) is 10.9. The number of nitrogens with one attached hydrogen (secondary N) is 1. The van der Waals surface area contributed by atoms with Crippen LogP contribution in [-0.4, -0.2) is 40.9 Å². The highest BCUT2D eigenvalue weighted by Gasteiger charge is 2.18. The largest absolute Gasteiger partial charge is 0.395 e. The third kappa shape index (κ3) is 5.14. The van der Waals surface area contributed by atoms with Crippen LogP contribution in [0.25, 0.3) is 0 Å². The molecule has 0 fully saturated rings. The van der Waals surface area contributed by atoms with Crippen molar-refractivity contribution < 1.29 is 10.2 Å². The number of halogens is 2. The predicted octanol–water partition coefficient (Wildman–Crippen LogP) is 2.73. The number of benzene rings is 1. The average molecular weight is 324 g/mol. The number of aliphatic hydroxyl groups is 2. The van der Waals surface area contributed by atoms with Crippen LogP contribution in [0.2, 0.25) is 10.0 Å². The van der Waals surface area contributed by atoms with E-state index in [1.165, 1.54) is 0 Å². The van der Waals surface area contributed by atoms with E-state index in [0.717, 1.165) is 0 Å². The first-order valence-corrected chi connectivity index (χ1v) is 8.04. The van der Waals surface area contributed by atoms with Crippen LogP contribution in [0.1, 0.15) is 18.6 Å². The van der Waals surface area contributed by atoms with Gasteiger partial charge in [-0.3, -0.25) is 0 Å². The topological polar surface area (TPSA) is 52.5 Å². The number of rotatable bonds is 7. The van der Waals surface area contributed by atoms with Crippen LogP contribution in [-0.2, 0) is 0 Å². The van der Waals surface area contributed by atoms with Crippen LogP contribution < -0.4 is 5.32 Å². The van der Waals surface area contributed by atoms with E-state index < -0.39 is 6.10 Å². The molecule has 0 radical (unpaired) electrons. The van der Waals surface area contributed by atoms with Gasteiger partial charge in [0.2, 0.25) is 0 Å². The van der Waals surface area contributed by atoms with Crippen LogP contribution in [0.15, 0.2) is 18.2 Å². The van der Waals surface area contributed by atoms with Gasteiger partial charge in [-0.15, -0.1) is 0 Å². The maximum absolute atomic E-state index is 10.1. The molecular formula is C13H19Cl2NO2S. The van der Waals surface area contributed by atoms with Gasteiger partial charge in [0.1, 0.15) is 0 Å². The van der Waals surface area contributed by atoms with Crippen LogP contribution in [0.3, 0.4) is 0 Å². The fourth-order valence-electron chi connectivity index (χ4n) is 1.75. The number of thioether (sulfide) groups is 1. The summed E-state index contributed by atoms with van der Waals surface area (Å²) in [5.41, 5.74) is 0.610. The molecule has 0 saturated carbocycles. The second-order valence-electron chi connectivity index (χ2n) is 4.34. The molecule has 0 aliphatic carbocycles. The quantitative estimate of drug-likeness (QED) is 0.722. The summed E-state index contributed by atoms with van der Waals surface area (Å²) >= 11 is 13.5. The molecule has 0 amide bonds. The summed E-state index contributed by atoms with van der Waals surface area (Å²) in [5.74, 6) is 0. The van der Waals surface area contributed by atoms with Crippen LogP contribution in [0.5, 0.6) is 0 Å². The fourth-order valence-corrected chi connectivity index (χ4v) is 2.82. The molecule has 0 heterocycles. The molecule has 1 aromatic rings. The molecule has 0 spiro atoms. The highest BCUT2D eigenvalue weighted by Crippen LogP contribution is 2.26. The van der Waals surface area contributed by atoms with Crippen LogP contribution in [0, 0.1) is 0 Å². The van der Waals surface area contributed by atoms with Crippen molar-refractivity contribution in [2.45, 2.75) is 24.3 Å². The summed E-state index contributed by atoms with van der Waals surface area (Å²) in [7, 11) is 0. The van der Waals surface area contributed by atoms with Crippen molar-refractivity contribution in [3.05, 3.63) is 33.8 Å². The van der Waals surface area contributed by atoms with E-state index in [2.05, 4.69) is 5.32 Å². The Kier molecular flexibility index (Phi) is 7.50. The summed E-state index contributed by atoms with van der Waals surface area (Å²) < 4.78 is 0. The lowest BCUT2D eigenvalue weighted by atomic mass is 10.1. The predicted molar refractivity (Wildman–Crippen MR) is 83.3 cm³/mol. The molecule has 19 heavy (non-hydrogen) atoms. The highest BCUT2D eigenvalue weighted by molar-refractivity contribution is 7.99. The lowest BCUT2D eigenvalue weighted by Crippen LogP contribution is -2.39. The minimum Gasteiger partial charge on any atom is -0.395 e. The van der Waals surface area contributed by atoms with Gasteiger partial charge in [-0.1, -0.05) is 23.2 Å². The molecule has 108 valence electrons. The van der Waals surface area contributed by atoms with Crippen LogP contribution >= 0.6 is 35.0 Å². The van der Waals surface area contributed by atoms with Gasteiger partial charge in [0.25, 0.3) is 0 Å². The molecule has 3 atom stereocenters. The van der Waals surface area contributed by atoms with Crippen molar-refractivity contribution in [3.8, 4) is 0 Å². The lowest BCUT2D eigenvalue weighted by Gasteiger charge is -2.23. The van der Waals surface area contributed by atoms with Crippen molar-refractivity contribution in [2.75, 3.05) is 19.4 Å². The molecule has 3 N–H and O–H groups in total. The van der Waals surface area contributed by atoms with E-state index in [1.54, 1.807) is 30.0 Å². The van der Waals surface area contributed by atoms with Gasteiger partial charge in [0.15, 0.2) is 0 Å². The average Bonchev–Trinajstić information content (AvgIpc) is 2.40. The molecule has 3 nitrogen and oxygen atoms in total. The summed E-state index contributed by atoms with van der Waals surface area (Å²) in [4.78, 5) is 0. The molecule has 6 heteroatoms. The molecule has 1 rings (SSSR count). The fraction of sp³-hybridized carbons (Fsp3) is 0.538. The van der Waals surface area contributed by atoms with Crippen molar-refractivity contribution in [1.82, 2.24) is 5.32 Å². The molecular weight excluding hydrogens is 305 g/mol. The summed E-state index contributed by atoms with van der Waals surface area (Å²) in [6, 6.07) is 5.11. The molecule has 0 aromatic heterocycles. The smallest absolute Gasteiger partial charge is 0.0929 e. The Balaban J connectivity index is 2.60. The van der Waals surface area contributed by atoms with E-state index in [4.69, 9.17) is 23.2 Å². The Morgan fingerprint density at radius 3 is 2.63 bits per heavy atom. The minimum absolute atomic E-state index is 0.0904. The zero-order chi connectivity index (χ0) is 14.4. The molecule has 1 aromatic carbocycles. The SMILES string of the molecule is CSC(CO)C(C)NCC(O)c1cc(Cl)ccc1Cl. The number of aliphatic hydroxyl groups excluding tert-OH is 2. The molecule has 0 aliphatic heterocycles. The number of hydrogen-bond acceptors (Lipinski definition) is 4. The van der Waals surface area contributed by atoms with Gasteiger partial charge < -0.3 is 15.5 Å². The third-order valence-electron chi connectivity index (χ3n) is 2.99. The first-order valence-electron chi connectivity index (χ1n) is 5.99. The molecule has 0 aliphatic rings. The van der Waals surface area contributed by atoms with E-state index >= 15 is 0 Å². The Bertz CT molecular complexity index is 402. The summed E-state index contributed by atoms with van der Waals surface area (Å²) in [6.07, 6.45) is 1.22. The highest BCUT2D eigenvalue weighted by atomic mass is 35.5. The van der Waals surface area contributed by atoms with Crippen molar-refractivity contribution in [1.29, 1.82) is 0 Å². The summed E-state index contributed by atoms with van der Waals surface area (Å²) in [6.45, 7) is 2.44. The van der Waals surface area contributed by atoms with E-state index in [1.807, 2.05) is 13.2 Å². The monoisotopic (exact) mass is 323 g/mol. The first kappa shape index (κ1) is 17.1. The van der Waals surface area contributed by atoms with Crippen molar-refractivity contribution >= 4 is 35.0 Å². The minimum atomic E-state index is -0.727. The van der Waals surface area contributed by atoms with Gasteiger partial charge in [-0.2, -0.15) is 11.8 Å². The maximum atomic E-state index is 10.1. The van der Waals surface area contributed by atoms with Gasteiger partial charge in [-0.25, -0.2) is 0 Å². The van der Waals surface area contributed by atoms with Gasteiger partial charge in [-0.05, 0) is 31.4 Å². The van der Waals surface area contributed by atoms with Crippen molar-refractivity contribution in [2.24, 2.45) is 0 Å². The van der Waals surface area contributed by atoms with Gasteiger partial charge in [0.05, 0.1) is 12.7 Å². The first-order chi connectivity index (χ1) is 8.99. The van der Waals surface area contributed by atoms with E-state index in [9.17, 15) is 10.2 Å². The standard InChI is InChI=1S/C13H19Cl2NO2S/c1-8(13(7-17)19-2)16-6-12(18)10-5-9(14)3-4-11(10)15/h3-5,8,12-13,16-18H,6-7H2,1-2H3. The Labute approximate surface area is 128 Å².